The Hall–Kier alpha value is -3.88. The Labute approximate surface area is 180 Å². The monoisotopic (exact) mass is 422 g/mol. The zero-order valence-corrected chi connectivity index (χ0v) is 18.0. The van der Waals surface area contributed by atoms with Crippen LogP contribution in [-0.4, -0.2) is 57.3 Å². The minimum Gasteiger partial charge on any atom is -0.465 e. The van der Waals surface area contributed by atoms with Crippen molar-refractivity contribution in [2.75, 3.05) is 30.9 Å². The van der Waals surface area contributed by atoms with Gasteiger partial charge in [-0.15, -0.1) is 0 Å². The maximum atomic E-state index is 12.6. The predicted octanol–water partition coefficient (Wildman–Crippen LogP) is 3.02. The number of likely N-dealkylation sites (N-methyl/N-ethyl adjacent to an activating group) is 1. The van der Waals surface area contributed by atoms with Crippen LogP contribution < -0.4 is 15.8 Å². The molecule has 0 bridgehead atoms. The van der Waals surface area contributed by atoms with Crippen molar-refractivity contribution >= 4 is 23.7 Å². The summed E-state index contributed by atoms with van der Waals surface area (Å²) >= 11 is 0. The van der Waals surface area contributed by atoms with Crippen molar-refractivity contribution < 1.29 is 9.90 Å². The van der Waals surface area contributed by atoms with Gasteiger partial charge in [0.05, 0.1) is 0 Å². The lowest BCUT2D eigenvalue weighted by atomic mass is 10.1. The summed E-state index contributed by atoms with van der Waals surface area (Å²) in [6.07, 6.45) is 0.621. The predicted molar refractivity (Wildman–Crippen MR) is 121 cm³/mol. The van der Waals surface area contributed by atoms with Crippen molar-refractivity contribution in [2.45, 2.75) is 13.0 Å². The molecule has 0 saturated heterocycles. The number of rotatable bonds is 7. The Morgan fingerprint density at radius 3 is 2.55 bits per heavy atom. The molecule has 0 aliphatic rings. The lowest BCUT2D eigenvalue weighted by molar-refractivity contribution is 0.155. The first-order valence-electron chi connectivity index (χ1n) is 9.80. The summed E-state index contributed by atoms with van der Waals surface area (Å²) in [6.45, 7) is 2.14. The molecule has 0 aliphatic carbocycles. The number of hydrogen-bond donors (Lipinski definition) is 2. The molecule has 3 aromatic rings. The number of aromatic nitrogens is 3. The molecule has 31 heavy (non-hydrogen) atoms. The number of hydrogen-bond acceptors (Lipinski definition) is 6. The van der Waals surface area contributed by atoms with Crippen molar-refractivity contribution in [1.29, 1.82) is 0 Å². The number of nitrogens with one attached hydrogen (secondary N) is 1. The van der Waals surface area contributed by atoms with Crippen molar-refractivity contribution in [3.63, 3.8) is 0 Å². The highest BCUT2D eigenvalue weighted by molar-refractivity contribution is 5.69. The van der Waals surface area contributed by atoms with E-state index in [0.29, 0.717) is 17.6 Å². The normalized spacial score (nSPS) is 11.6. The fourth-order valence-electron chi connectivity index (χ4n) is 3.22. The first-order valence-corrected chi connectivity index (χ1v) is 9.80. The van der Waals surface area contributed by atoms with Gasteiger partial charge in [0, 0.05) is 46.0 Å². The molecular formula is C22H26N6O3. The minimum atomic E-state index is -0.998. The van der Waals surface area contributed by atoms with Crippen LogP contribution in [-0.2, 0) is 7.05 Å². The van der Waals surface area contributed by atoms with Gasteiger partial charge < -0.3 is 20.2 Å². The van der Waals surface area contributed by atoms with Crippen molar-refractivity contribution in [2.24, 2.45) is 7.05 Å². The van der Waals surface area contributed by atoms with Crippen LogP contribution in [0.25, 0.3) is 11.1 Å². The average Bonchev–Trinajstić information content (AvgIpc) is 2.75. The van der Waals surface area contributed by atoms with Gasteiger partial charge in [0.25, 0.3) is 5.56 Å². The SMILES string of the molecule is CC(CN(C)C(=O)O)Nc1nccc(N(C)c2cc(-c3ccccc3)cc(=O)n2C)n1. The van der Waals surface area contributed by atoms with Crippen LogP contribution >= 0.6 is 0 Å². The third-order valence-electron chi connectivity index (χ3n) is 4.92. The van der Waals surface area contributed by atoms with Gasteiger partial charge in [-0.25, -0.2) is 9.78 Å². The van der Waals surface area contributed by atoms with E-state index in [1.165, 1.54) is 11.9 Å². The van der Waals surface area contributed by atoms with E-state index < -0.39 is 6.09 Å². The summed E-state index contributed by atoms with van der Waals surface area (Å²) < 4.78 is 1.56. The maximum Gasteiger partial charge on any atom is 0.407 e. The van der Waals surface area contributed by atoms with Gasteiger partial charge in [0.15, 0.2) is 0 Å². The zero-order valence-electron chi connectivity index (χ0n) is 18.0. The van der Waals surface area contributed by atoms with Crippen LogP contribution in [0.3, 0.4) is 0 Å². The molecular weight excluding hydrogens is 396 g/mol. The highest BCUT2D eigenvalue weighted by Gasteiger charge is 2.15. The molecule has 0 fully saturated rings. The van der Waals surface area contributed by atoms with E-state index in [9.17, 15) is 9.59 Å². The Balaban J connectivity index is 1.87. The summed E-state index contributed by atoms with van der Waals surface area (Å²) in [4.78, 5) is 35.4. The fraction of sp³-hybridized carbons (Fsp3) is 0.273. The number of carbonyl (C=O) groups is 1. The molecule has 3 rings (SSSR count). The molecule has 2 aromatic heterocycles. The Morgan fingerprint density at radius 2 is 1.87 bits per heavy atom. The summed E-state index contributed by atoms with van der Waals surface area (Å²) in [5.74, 6) is 1.64. The largest absolute Gasteiger partial charge is 0.465 e. The Morgan fingerprint density at radius 1 is 1.16 bits per heavy atom. The first kappa shape index (κ1) is 21.8. The van der Waals surface area contributed by atoms with E-state index in [1.54, 1.807) is 29.9 Å². The van der Waals surface area contributed by atoms with Gasteiger partial charge in [0.1, 0.15) is 11.6 Å². The number of pyridine rings is 1. The van der Waals surface area contributed by atoms with Crippen LogP contribution in [0.2, 0.25) is 0 Å². The lowest BCUT2D eigenvalue weighted by Crippen LogP contribution is -2.36. The molecule has 0 saturated carbocycles. The van der Waals surface area contributed by atoms with Crippen LogP contribution in [0, 0.1) is 0 Å². The summed E-state index contributed by atoms with van der Waals surface area (Å²) in [5, 5.41) is 12.1. The zero-order chi connectivity index (χ0) is 22.5. The maximum absolute atomic E-state index is 12.6. The van der Waals surface area contributed by atoms with E-state index in [-0.39, 0.29) is 18.1 Å². The fourth-order valence-corrected chi connectivity index (χ4v) is 3.22. The smallest absolute Gasteiger partial charge is 0.407 e. The molecule has 1 aromatic carbocycles. The van der Waals surface area contributed by atoms with E-state index in [4.69, 9.17) is 5.11 Å². The highest BCUT2D eigenvalue weighted by atomic mass is 16.4. The number of nitrogens with zero attached hydrogens (tertiary/aromatic N) is 5. The van der Waals surface area contributed by atoms with Gasteiger partial charge in [-0.3, -0.25) is 9.36 Å². The molecule has 1 amide bonds. The molecule has 9 nitrogen and oxygen atoms in total. The van der Waals surface area contributed by atoms with Crippen molar-refractivity contribution in [3.8, 4) is 11.1 Å². The quantitative estimate of drug-likeness (QED) is 0.603. The second-order valence-electron chi connectivity index (χ2n) is 7.37. The minimum absolute atomic E-state index is 0.124. The second-order valence-corrected chi connectivity index (χ2v) is 7.37. The van der Waals surface area contributed by atoms with E-state index >= 15 is 0 Å². The molecule has 1 unspecified atom stereocenters. The molecule has 0 aliphatic heterocycles. The summed E-state index contributed by atoms with van der Waals surface area (Å²) in [7, 11) is 5.05. The van der Waals surface area contributed by atoms with Gasteiger partial charge in [-0.05, 0) is 30.2 Å². The van der Waals surface area contributed by atoms with Crippen molar-refractivity contribution in [3.05, 3.63) is 65.1 Å². The molecule has 0 spiro atoms. The van der Waals surface area contributed by atoms with Gasteiger partial charge >= 0.3 is 6.09 Å². The van der Waals surface area contributed by atoms with Crippen LogP contribution in [0.5, 0.6) is 0 Å². The molecule has 1 atom stereocenters. The van der Waals surface area contributed by atoms with Crippen LogP contribution in [0.4, 0.5) is 22.4 Å². The topological polar surface area (TPSA) is 104 Å². The first-order chi connectivity index (χ1) is 14.8. The van der Waals surface area contributed by atoms with Crippen LogP contribution in [0.1, 0.15) is 6.92 Å². The molecule has 0 radical (unpaired) electrons. The van der Waals surface area contributed by atoms with E-state index in [0.717, 1.165) is 11.1 Å². The van der Waals surface area contributed by atoms with Crippen LogP contribution in [0.15, 0.2) is 59.5 Å². The number of amides is 1. The second kappa shape index (κ2) is 9.29. The molecule has 2 N–H and O–H groups in total. The molecule has 9 heteroatoms. The lowest BCUT2D eigenvalue weighted by Gasteiger charge is -2.23. The van der Waals surface area contributed by atoms with Gasteiger partial charge in [-0.2, -0.15) is 4.98 Å². The summed E-state index contributed by atoms with van der Waals surface area (Å²) in [6, 6.07) is 14.8. The summed E-state index contributed by atoms with van der Waals surface area (Å²) in [5.41, 5.74) is 1.65. The van der Waals surface area contributed by atoms with E-state index in [1.807, 2.05) is 55.3 Å². The van der Waals surface area contributed by atoms with Gasteiger partial charge in [-0.1, -0.05) is 30.3 Å². The third kappa shape index (κ3) is 5.19. The number of anilines is 3. The molecule has 162 valence electrons. The highest BCUT2D eigenvalue weighted by Crippen LogP contribution is 2.26. The average molecular weight is 422 g/mol. The van der Waals surface area contributed by atoms with Gasteiger partial charge in [0.2, 0.25) is 5.95 Å². The molecule has 2 heterocycles. The third-order valence-corrected chi connectivity index (χ3v) is 4.92. The number of carboxylic acid groups (broad SMARTS) is 1. The van der Waals surface area contributed by atoms with E-state index in [2.05, 4.69) is 15.3 Å². The number of benzene rings is 1. The Kier molecular flexibility index (Phi) is 6.54. The Bertz CT molecular complexity index is 1120. The standard InChI is InChI=1S/C22H26N6O3/c1-15(14-26(2)22(30)31)24-21-23-11-10-18(25-21)27(3)19-12-17(13-20(29)28(19)4)16-8-6-5-7-9-16/h5-13,15H,14H2,1-4H3,(H,30,31)(H,23,24,25). The van der Waals surface area contributed by atoms with Crippen molar-refractivity contribution in [1.82, 2.24) is 19.4 Å².